The van der Waals surface area contributed by atoms with Gasteiger partial charge in [0.05, 0.1) is 6.20 Å². The van der Waals surface area contributed by atoms with E-state index in [0.29, 0.717) is 0 Å². The SMILES string of the molecule is [c]1ncccc1Cc1ccccc1. The average Bonchev–Trinajstić information content (AvgIpc) is 2.21. The summed E-state index contributed by atoms with van der Waals surface area (Å²) in [5.74, 6) is 0. The van der Waals surface area contributed by atoms with Gasteiger partial charge in [0, 0.05) is 6.20 Å². The smallest absolute Gasteiger partial charge is 0.0924 e. The van der Waals surface area contributed by atoms with Gasteiger partial charge in [-0.05, 0) is 23.6 Å². The summed E-state index contributed by atoms with van der Waals surface area (Å²) in [5.41, 5.74) is 2.43. The first-order valence-electron chi connectivity index (χ1n) is 4.30. The molecule has 0 aliphatic carbocycles. The van der Waals surface area contributed by atoms with Crippen molar-refractivity contribution < 1.29 is 0 Å². The van der Waals surface area contributed by atoms with Crippen molar-refractivity contribution in [1.29, 1.82) is 0 Å². The summed E-state index contributed by atoms with van der Waals surface area (Å²) in [7, 11) is 0. The molecule has 1 nitrogen and oxygen atoms in total. The molecule has 0 saturated heterocycles. The third kappa shape index (κ3) is 2.15. The van der Waals surface area contributed by atoms with Crippen molar-refractivity contribution in [2.24, 2.45) is 0 Å². The molecule has 0 saturated carbocycles. The van der Waals surface area contributed by atoms with Crippen LogP contribution in [0.1, 0.15) is 11.1 Å². The summed E-state index contributed by atoms with van der Waals surface area (Å²) in [6.45, 7) is 0. The minimum absolute atomic E-state index is 0.911. The molecule has 0 spiro atoms. The van der Waals surface area contributed by atoms with E-state index in [1.54, 1.807) is 6.20 Å². The van der Waals surface area contributed by atoms with E-state index in [2.05, 4.69) is 23.3 Å². The molecule has 2 aromatic rings. The molecule has 1 aromatic carbocycles. The van der Waals surface area contributed by atoms with Crippen molar-refractivity contribution in [3.63, 3.8) is 0 Å². The molecule has 1 heteroatoms. The van der Waals surface area contributed by atoms with Gasteiger partial charge in [0.15, 0.2) is 0 Å². The van der Waals surface area contributed by atoms with Crippen LogP contribution in [0.25, 0.3) is 0 Å². The summed E-state index contributed by atoms with van der Waals surface area (Å²) >= 11 is 0. The Labute approximate surface area is 78.1 Å². The summed E-state index contributed by atoms with van der Waals surface area (Å²) in [6.07, 6.45) is 5.62. The molecule has 63 valence electrons. The molecule has 0 bridgehead atoms. The Kier molecular flexibility index (Phi) is 2.37. The predicted octanol–water partition coefficient (Wildman–Crippen LogP) is 2.47. The lowest BCUT2D eigenvalue weighted by atomic mass is 10.1. The fourth-order valence-corrected chi connectivity index (χ4v) is 1.27. The summed E-state index contributed by atoms with van der Waals surface area (Å²) < 4.78 is 0. The summed E-state index contributed by atoms with van der Waals surface area (Å²) in [6, 6.07) is 14.3. The van der Waals surface area contributed by atoms with Crippen molar-refractivity contribution in [3.8, 4) is 0 Å². The second-order valence-electron chi connectivity index (χ2n) is 2.94. The molecular weight excluding hydrogens is 158 g/mol. The molecule has 0 aliphatic heterocycles. The highest BCUT2D eigenvalue weighted by Crippen LogP contribution is 2.06. The zero-order valence-corrected chi connectivity index (χ0v) is 7.27. The number of hydrogen-bond donors (Lipinski definition) is 0. The zero-order chi connectivity index (χ0) is 8.93. The number of aromatic nitrogens is 1. The molecule has 1 radical (unpaired) electrons. The molecule has 0 unspecified atom stereocenters. The first-order valence-corrected chi connectivity index (χ1v) is 4.30. The predicted molar refractivity (Wildman–Crippen MR) is 52.3 cm³/mol. The van der Waals surface area contributed by atoms with Crippen LogP contribution in [0.3, 0.4) is 0 Å². The molecule has 0 aliphatic rings. The highest BCUT2D eigenvalue weighted by Gasteiger charge is 1.94. The lowest BCUT2D eigenvalue weighted by molar-refractivity contribution is 1.14. The van der Waals surface area contributed by atoms with Gasteiger partial charge in [-0.15, -0.1) is 0 Å². The van der Waals surface area contributed by atoms with Crippen LogP contribution in [0.15, 0.2) is 48.7 Å². The lowest BCUT2D eigenvalue weighted by Crippen LogP contribution is -1.87. The van der Waals surface area contributed by atoms with Crippen LogP contribution in [0, 0.1) is 6.20 Å². The highest BCUT2D eigenvalue weighted by molar-refractivity contribution is 5.22. The number of hydrogen-bond acceptors (Lipinski definition) is 1. The van der Waals surface area contributed by atoms with Crippen LogP contribution in [0.4, 0.5) is 0 Å². The van der Waals surface area contributed by atoms with Crippen molar-refractivity contribution in [3.05, 3.63) is 66.0 Å². The lowest BCUT2D eigenvalue weighted by Gasteiger charge is -1.98. The summed E-state index contributed by atoms with van der Waals surface area (Å²) in [4.78, 5) is 3.96. The highest BCUT2D eigenvalue weighted by atomic mass is 14.6. The Bertz CT molecular complexity index is 316. The van der Waals surface area contributed by atoms with Crippen molar-refractivity contribution >= 4 is 0 Å². The largest absolute Gasteiger partial charge is 0.254 e. The van der Waals surface area contributed by atoms with E-state index in [4.69, 9.17) is 0 Å². The third-order valence-electron chi connectivity index (χ3n) is 1.90. The molecule has 0 N–H and O–H groups in total. The molecule has 0 amide bonds. The van der Waals surface area contributed by atoms with Crippen molar-refractivity contribution in [2.75, 3.05) is 0 Å². The van der Waals surface area contributed by atoms with Gasteiger partial charge < -0.3 is 0 Å². The van der Waals surface area contributed by atoms with E-state index in [-0.39, 0.29) is 0 Å². The van der Waals surface area contributed by atoms with Gasteiger partial charge >= 0.3 is 0 Å². The van der Waals surface area contributed by atoms with E-state index in [1.165, 1.54) is 5.56 Å². The average molecular weight is 168 g/mol. The van der Waals surface area contributed by atoms with Crippen LogP contribution in [-0.2, 0) is 6.42 Å². The maximum atomic E-state index is 3.96. The van der Waals surface area contributed by atoms with Gasteiger partial charge in [0.2, 0.25) is 0 Å². The molecule has 1 heterocycles. The standard InChI is InChI=1S/C12H10N/c1-2-5-11(6-3-1)9-12-7-4-8-13-10-12/h1-8H,9H2. The minimum Gasteiger partial charge on any atom is -0.254 e. The number of benzene rings is 1. The fourth-order valence-electron chi connectivity index (χ4n) is 1.27. The Morgan fingerprint density at radius 1 is 1.00 bits per heavy atom. The maximum Gasteiger partial charge on any atom is 0.0924 e. The van der Waals surface area contributed by atoms with E-state index in [9.17, 15) is 0 Å². The Hall–Kier alpha value is -1.63. The normalized spacial score (nSPS) is 9.85. The third-order valence-corrected chi connectivity index (χ3v) is 1.90. The quantitative estimate of drug-likeness (QED) is 0.671. The van der Waals surface area contributed by atoms with Gasteiger partial charge in [-0.3, -0.25) is 4.98 Å². The fraction of sp³-hybridized carbons (Fsp3) is 0.0833. The van der Waals surface area contributed by atoms with Crippen LogP contribution in [-0.4, -0.2) is 4.98 Å². The van der Waals surface area contributed by atoms with Crippen LogP contribution < -0.4 is 0 Å². The first kappa shape index (κ1) is 7.99. The number of pyridine rings is 1. The molecule has 1 aromatic heterocycles. The Morgan fingerprint density at radius 3 is 2.54 bits per heavy atom. The van der Waals surface area contributed by atoms with E-state index < -0.39 is 0 Å². The molecule has 0 fully saturated rings. The second kappa shape index (κ2) is 3.85. The molecule has 2 rings (SSSR count). The first-order chi connectivity index (χ1) is 6.45. The van der Waals surface area contributed by atoms with Gasteiger partial charge in [-0.2, -0.15) is 0 Å². The van der Waals surface area contributed by atoms with Crippen LogP contribution in [0.5, 0.6) is 0 Å². The zero-order valence-electron chi connectivity index (χ0n) is 7.27. The van der Waals surface area contributed by atoms with Gasteiger partial charge in [0.1, 0.15) is 0 Å². The van der Waals surface area contributed by atoms with E-state index in [1.807, 2.05) is 30.3 Å². The minimum atomic E-state index is 0.911. The van der Waals surface area contributed by atoms with Gasteiger partial charge in [-0.1, -0.05) is 36.4 Å². The number of rotatable bonds is 2. The Morgan fingerprint density at radius 2 is 1.85 bits per heavy atom. The van der Waals surface area contributed by atoms with E-state index >= 15 is 0 Å². The van der Waals surface area contributed by atoms with Crippen LogP contribution in [0.2, 0.25) is 0 Å². The molecule has 13 heavy (non-hydrogen) atoms. The maximum absolute atomic E-state index is 3.96. The van der Waals surface area contributed by atoms with Gasteiger partial charge in [-0.25, -0.2) is 0 Å². The Balaban J connectivity index is 2.16. The van der Waals surface area contributed by atoms with Crippen molar-refractivity contribution in [2.45, 2.75) is 6.42 Å². The monoisotopic (exact) mass is 168 g/mol. The van der Waals surface area contributed by atoms with E-state index in [0.717, 1.165) is 12.0 Å². The number of nitrogens with zero attached hydrogens (tertiary/aromatic N) is 1. The topological polar surface area (TPSA) is 12.9 Å². The van der Waals surface area contributed by atoms with Crippen molar-refractivity contribution in [1.82, 2.24) is 4.98 Å². The summed E-state index contributed by atoms with van der Waals surface area (Å²) in [5, 5.41) is 0. The van der Waals surface area contributed by atoms with Gasteiger partial charge in [0.25, 0.3) is 0 Å². The molecule has 0 atom stereocenters. The van der Waals surface area contributed by atoms with Crippen LogP contribution >= 0.6 is 0 Å². The second-order valence-corrected chi connectivity index (χ2v) is 2.94. The molecular formula is C12H10N.